The molecule has 2 nitrogen and oxygen atoms in total. The van der Waals surface area contributed by atoms with Crippen LogP contribution in [0.1, 0.15) is 32.8 Å². The highest BCUT2D eigenvalue weighted by Crippen LogP contribution is 2.37. The second-order valence-electron chi connectivity index (χ2n) is 5.17. The Hall–Kier alpha value is -1.09. The summed E-state index contributed by atoms with van der Waals surface area (Å²) in [4.78, 5) is 0. The molecule has 1 unspecified atom stereocenters. The van der Waals surface area contributed by atoms with Gasteiger partial charge in [-0.3, -0.25) is 0 Å². The molecular weight excluding hydrogens is 218 g/mol. The van der Waals surface area contributed by atoms with Gasteiger partial charge in [-0.25, -0.2) is 0 Å². The summed E-state index contributed by atoms with van der Waals surface area (Å²) in [6.45, 7) is 6.38. The summed E-state index contributed by atoms with van der Waals surface area (Å²) in [5.41, 5.74) is 0.819. The van der Waals surface area contributed by atoms with Crippen molar-refractivity contribution in [3.63, 3.8) is 0 Å². The fourth-order valence-corrected chi connectivity index (χ4v) is 2.84. The number of rotatable bonds is 1. The third-order valence-corrected chi connectivity index (χ3v) is 3.11. The van der Waals surface area contributed by atoms with Gasteiger partial charge in [0, 0.05) is 12.0 Å². The molecule has 0 bridgehead atoms. The SMILES string of the molecule is CC1(C)CC(C)(c2ccccc2)OC(=S)N1. The summed E-state index contributed by atoms with van der Waals surface area (Å²) in [6, 6.07) is 10.2. The number of hydrogen-bond acceptors (Lipinski definition) is 2. The highest BCUT2D eigenvalue weighted by molar-refractivity contribution is 7.80. The summed E-state index contributed by atoms with van der Waals surface area (Å²) in [6.07, 6.45) is 0.893. The molecular formula is C13H17NOS. The summed E-state index contributed by atoms with van der Waals surface area (Å²) >= 11 is 5.17. The van der Waals surface area contributed by atoms with Gasteiger partial charge in [0.1, 0.15) is 5.60 Å². The zero-order valence-corrected chi connectivity index (χ0v) is 10.7. The third kappa shape index (κ3) is 2.19. The largest absolute Gasteiger partial charge is 0.460 e. The molecule has 1 saturated heterocycles. The molecule has 0 radical (unpaired) electrons. The van der Waals surface area contributed by atoms with Crippen molar-refractivity contribution in [2.45, 2.75) is 38.3 Å². The molecule has 0 aromatic heterocycles. The van der Waals surface area contributed by atoms with Crippen LogP contribution in [0.4, 0.5) is 0 Å². The second-order valence-corrected chi connectivity index (χ2v) is 5.54. The van der Waals surface area contributed by atoms with Crippen LogP contribution < -0.4 is 5.32 Å². The third-order valence-electron chi connectivity index (χ3n) is 2.92. The maximum Gasteiger partial charge on any atom is 0.257 e. The average molecular weight is 235 g/mol. The van der Waals surface area contributed by atoms with E-state index in [9.17, 15) is 0 Å². The quantitative estimate of drug-likeness (QED) is 0.756. The van der Waals surface area contributed by atoms with Crippen molar-refractivity contribution < 1.29 is 4.74 Å². The fourth-order valence-electron chi connectivity index (χ4n) is 2.38. The molecule has 1 aliphatic heterocycles. The monoisotopic (exact) mass is 235 g/mol. The smallest absolute Gasteiger partial charge is 0.257 e. The molecule has 0 saturated carbocycles. The minimum atomic E-state index is -0.326. The molecule has 16 heavy (non-hydrogen) atoms. The van der Waals surface area contributed by atoms with Gasteiger partial charge in [0.15, 0.2) is 0 Å². The van der Waals surface area contributed by atoms with Crippen LogP contribution in [0, 0.1) is 0 Å². The standard InChI is InChI=1S/C13H17NOS/c1-12(2)9-13(3,15-11(16)14-12)10-7-5-4-6-8-10/h4-8H,9H2,1-3H3,(H,14,16). The van der Waals surface area contributed by atoms with E-state index < -0.39 is 0 Å². The average Bonchev–Trinajstić information content (AvgIpc) is 2.15. The highest BCUT2D eigenvalue weighted by atomic mass is 32.1. The Balaban J connectivity index is 2.35. The molecule has 1 N–H and O–H groups in total. The molecule has 0 amide bonds. The zero-order valence-electron chi connectivity index (χ0n) is 9.91. The lowest BCUT2D eigenvalue weighted by Crippen LogP contribution is -2.55. The molecule has 0 spiro atoms. The minimum absolute atomic E-state index is 0.0279. The van der Waals surface area contributed by atoms with Gasteiger partial charge in [-0.15, -0.1) is 0 Å². The Labute approximate surface area is 102 Å². The maximum absolute atomic E-state index is 5.82. The van der Waals surface area contributed by atoms with Crippen LogP contribution in [0.2, 0.25) is 0 Å². The first-order chi connectivity index (χ1) is 7.41. The van der Waals surface area contributed by atoms with E-state index in [1.54, 1.807) is 0 Å². The summed E-state index contributed by atoms with van der Waals surface area (Å²) in [7, 11) is 0. The molecule has 2 rings (SSSR count). The Kier molecular flexibility index (Phi) is 2.66. The highest BCUT2D eigenvalue weighted by Gasteiger charge is 2.41. The second kappa shape index (κ2) is 3.74. The van der Waals surface area contributed by atoms with E-state index in [0.717, 1.165) is 6.42 Å². The van der Waals surface area contributed by atoms with Gasteiger partial charge in [-0.2, -0.15) is 0 Å². The Morgan fingerprint density at radius 3 is 2.38 bits per heavy atom. The number of hydrogen-bond donors (Lipinski definition) is 1. The van der Waals surface area contributed by atoms with Crippen molar-refractivity contribution in [2.24, 2.45) is 0 Å². The van der Waals surface area contributed by atoms with Gasteiger partial charge < -0.3 is 10.1 Å². The Bertz CT molecular complexity index is 402. The van der Waals surface area contributed by atoms with Gasteiger partial charge in [-0.1, -0.05) is 30.3 Å². The molecule has 1 fully saturated rings. The van der Waals surface area contributed by atoms with Crippen LogP contribution in [0.3, 0.4) is 0 Å². The van der Waals surface area contributed by atoms with Crippen LogP contribution in [-0.4, -0.2) is 10.7 Å². The van der Waals surface area contributed by atoms with Crippen molar-refractivity contribution in [2.75, 3.05) is 0 Å². The minimum Gasteiger partial charge on any atom is -0.460 e. The normalized spacial score (nSPS) is 28.1. The van der Waals surface area contributed by atoms with Crippen molar-refractivity contribution in [1.82, 2.24) is 5.32 Å². The molecule has 1 aliphatic rings. The number of benzene rings is 1. The van der Waals surface area contributed by atoms with Crippen LogP contribution in [0.15, 0.2) is 30.3 Å². The van der Waals surface area contributed by atoms with E-state index in [1.165, 1.54) is 5.56 Å². The molecule has 0 aliphatic carbocycles. The first-order valence-electron chi connectivity index (χ1n) is 5.48. The lowest BCUT2D eigenvalue weighted by molar-refractivity contribution is 0.00864. The Morgan fingerprint density at radius 1 is 1.19 bits per heavy atom. The summed E-state index contributed by atoms with van der Waals surface area (Å²) in [5.74, 6) is 0. The van der Waals surface area contributed by atoms with Gasteiger partial charge in [0.25, 0.3) is 5.17 Å². The van der Waals surface area contributed by atoms with Crippen LogP contribution in [-0.2, 0) is 10.3 Å². The number of thiocarbonyl (C=S) groups is 1. The molecule has 1 heterocycles. The van der Waals surface area contributed by atoms with E-state index in [0.29, 0.717) is 5.17 Å². The fraction of sp³-hybridized carbons (Fsp3) is 0.462. The van der Waals surface area contributed by atoms with E-state index in [-0.39, 0.29) is 11.1 Å². The van der Waals surface area contributed by atoms with E-state index in [4.69, 9.17) is 17.0 Å². The molecule has 86 valence electrons. The number of ether oxygens (including phenoxy) is 1. The van der Waals surface area contributed by atoms with Gasteiger partial charge >= 0.3 is 0 Å². The molecule has 1 atom stereocenters. The predicted octanol–water partition coefficient (Wildman–Crippen LogP) is 2.98. The lowest BCUT2D eigenvalue weighted by atomic mass is 9.82. The van der Waals surface area contributed by atoms with Crippen molar-refractivity contribution in [1.29, 1.82) is 0 Å². The lowest BCUT2D eigenvalue weighted by Gasteiger charge is -2.44. The van der Waals surface area contributed by atoms with Crippen molar-refractivity contribution in [3.8, 4) is 0 Å². The number of nitrogens with one attached hydrogen (secondary N) is 1. The van der Waals surface area contributed by atoms with Gasteiger partial charge in [-0.05, 0) is 38.6 Å². The van der Waals surface area contributed by atoms with E-state index >= 15 is 0 Å². The predicted molar refractivity (Wildman–Crippen MR) is 69.3 cm³/mol. The summed E-state index contributed by atoms with van der Waals surface area (Å²) in [5, 5.41) is 3.68. The zero-order chi connectivity index (χ0) is 11.8. The molecule has 1 aromatic rings. The van der Waals surface area contributed by atoms with E-state index in [1.807, 2.05) is 18.2 Å². The first kappa shape index (κ1) is 11.4. The molecule has 1 aromatic carbocycles. The first-order valence-corrected chi connectivity index (χ1v) is 5.89. The van der Waals surface area contributed by atoms with Gasteiger partial charge in [0.05, 0.1) is 0 Å². The van der Waals surface area contributed by atoms with Crippen molar-refractivity contribution >= 4 is 17.4 Å². The van der Waals surface area contributed by atoms with Crippen molar-refractivity contribution in [3.05, 3.63) is 35.9 Å². The summed E-state index contributed by atoms with van der Waals surface area (Å²) < 4.78 is 5.82. The van der Waals surface area contributed by atoms with Crippen LogP contribution in [0.5, 0.6) is 0 Å². The van der Waals surface area contributed by atoms with E-state index in [2.05, 4.69) is 38.2 Å². The van der Waals surface area contributed by atoms with Crippen LogP contribution in [0.25, 0.3) is 0 Å². The Morgan fingerprint density at radius 2 is 1.81 bits per heavy atom. The molecule has 3 heteroatoms. The maximum atomic E-state index is 5.82. The van der Waals surface area contributed by atoms with Gasteiger partial charge in [0.2, 0.25) is 0 Å². The van der Waals surface area contributed by atoms with Crippen LogP contribution >= 0.6 is 12.2 Å². The topological polar surface area (TPSA) is 21.3 Å².